The molecule has 4 aromatic rings. The molecule has 2 fully saturated rings. The van der Waals surface area contributed by atoms with E-state index < -0.39 is 0 Å². The molecule has 2 aliphatic carbocycles. The highest BCUT2D eigenvalue weighted by Crippen LogP contribution is 2.41. The Kier molecular flexibility index (Phi) is 5.41. The molecule has 1 aliphatic heterocycles. The van der Waals surface area contributed by atoms with Crippen molar-refractivity contribution in [2.45, 2.75) is 64.0 Å². The lowest BCUT2D eigenvalue weighted by molar-refractivity contribution is -0.141. The van der Waals surface area contributed by atoms with Crippen LogP contribution in [-0.4, -0.2) is 42.6 Å². The van der Waals surface area contributed by atoms with Crippen molar-refractivity contribution in [1.82, 2.24) is 24.6 Å². The van der Waals surface area contributed by atoms with Crippen LogP contribution in [0.3, 0.4) is 0 Å². The predicted octanol–water partition coefficient (Wildman–Crippen LogP) is 5.24. The number of fused-ring (bicyclic) bond motifs is 2. The third-order valence-electron chi connectivity index (χ3n) is 7.92. The van der Waals surface area contributed by atoms with Crippen molar-refractivity contribution in [2.75, 3.05) is 5.32 Å². The van der Waals surface area contributed by atoms with Gasteiger partial charge in [0.05, 0.1) is 17.8 Å². The summed E-state index contributed by atoms with van der Waals surface area (Å²) in [5.41, 5.74) is 2.51. The molecular weight excluding hydrogens is 484 g/mol. The maximum Gasteiger partial charge on any atom is 0.331 e. The first kappa shape index (κ1) is 22.9. The normalized spacial score (nSPS) is 19.2. The fourth-order valence-electron chi connectivity index (χ4n) is 5.32. The number of amides is 2. The van der Waals surface area contributed by atoms with Gasteiger partial charge in [-0.15, -0.1) is 0 Å². The molecule has 2 amide bonds. The lowest BCUT2D eigenvalue weighted by Crippen LogP contribution is -2.47. The average Bonchev–Trinajstić information content (AvgIpc) is 3.47. The zero-order valence-electron chi connectivity index (χ0n) is 21.1. The van der Waals surface area contributed by atoms with Crippen molar-refractivity contribution in [3.05, 3.63) is 59.9 Å². The van der Waals surface area contributed by atoms with Crippen LogP contribution in [0.5, 0.6) is 11.6 Å². The van der Waals surface area contributed by atoms with E-state index in [1.165, 1.54) is 10.9 Å². The van der Waals surface area contributed by atoms with Gasteiger partial charge >= 0.3 is 6.03 Å². The molecule has 0 spiro atoms. The maximum atomic E-state index is 12.9. The molecule has 7 rings (SSSR count). The van der Waals surface area contributed by atoms with E-state index in [9.17, 15) is 9.59 Å². The minimum absolute atomic E-state index is 0.0593. The SMILES string of the molecule is C[C@H]1Cc2c(ncnc2Oc2ccc3c(ccn3C(=O)Nc3cc(C4CC4)on3)c2)CN1C(=O)C1CCC1. The highest BCUT2D eigenvalue weighted by molar-refractivity contribution is 5.98. The summed E-state index contributed by atoms with van der Waals surface area (Å²) in [6.07, 6.45) is 9.17. The van der Waals surface area contributed by atoms with Gasteiger partial charge in [-0.05, 0) is 63.3 Å². The number of ether oxygens (including phenoxy) is 1. The molecule has 1 atom stereocenters. The molecule has 194 valence electrons. The van der Waals surface area contributed by atoms with Gasteiger partial charge in [0.1, 0.15) is 17.8 Å². The third-order valence-corrected chi connectivity index (χ3v) is 7.92. The number of carbonyl (C=O) groups is 2. The van der Waals surface area contributed by atoms with Crippen LogP contribution in [0.25, 0.3) is 10.9 Å². The fourth-order valence-corrected chi connectivity index (χ4v) is 5.32. The first-order valence-electron chi connectivity index (χ1n) is 13.2. The van der Waals surface area contributed by atoms with Crippen LogP contribution in [0.2, 0.25) is 0 Å². The smallest absolute Gasteiger partial charge is 0.331 e. The molecule has 3 aromatic heterocycles. The Bertz CT molecular complexity index is 1550. The summed E-state index contributed by atoms with van der Waals surface area (Å²) >= 11 is 0. The summed E-state index contributed by atoms with van der Waals surface area (Å²) in [5, 5.41) is 7.62. The van der Waals surface area contributed by atoms with E-state index in [4.69, 9.17) is 9.26 Å². The minimum atomic E-state index is -0.316. The Labute approximate surface area is 219 Å². The zero-order valence-corrected chi connectivity index (χ0v) is 21.1. The van der Waals surface area contributed by atoms with Crippen LogP contribution >= 0.6 is 0 Å². The Hall–Kier alpha value is -4.21. The van der Waals surface area contributed by atoms with Gasteiger partial charge in [-0.25, -0.2) is 14.8 Å². The molecule has 0 saturated heterocycles. The van der Waals surface area contributed by atoms with Gasteiger partial charge in [-0.1, -0.05) is 11.6 Å². The number of hydrogen-bond acceptors (Lipinski definition) is 7. The maximum absolute atomic E-state index is 12.9. The van der Waals surface area contributed by atoms with Gasteiger partial charge in [0.2, 0.25) is 11.8 Å². The van der Waals surface area contributed by atoms with E-state index in [1.54, 1.807) is 12.3 Å². The van der Waals surface area contributed by atoms with Gasteiger partial charge in [-0.2, -0.15) is 0 Å². The quantitative estimate of drug-likeness (QED) is 0.389. The van der Waals surface area contributed by atoms with E-state index in [1.807, 2.05) is 29.2 Å². The van der Waals surface area contributed by atoms with Crippen molar-refractivity contribution in [2.24, 2.45) is 5.92 Å². The molecule has 4 heterocycles. The van der Waals surface area contributed by atoms with Crippen LogP contribution in [0.15, 0.2) is 47.4 Å². The van der Waals surface area contributed by atoms with Crippen LogP contribution in [0.4, 0.5) is 10.6 Å². The van der Waals surface area contributed by atoms with E-state index in [0.29, 0.717) is 36.3 Å². The molecule has 38 heavy (non-hydrogen) atoms. The fraction of sp³-hybridized carbons (Fsp3) is 0.393. The number of carbonyl (C=O) groups excluding carboxylic acids is 2. The summed E-state index contributed by atoms with van der Waals surface area (Å²) in [6.45, 7) is 2.55. The summed E-state index contributed by atoms with van der Waals surface area (Å²) in [7, 11) is 0. The van der Waals surface area contributed by atoms with Gasteiger partial charge < -0.3 is 14.2 Å². The van der Waals surface area contributed by atoms with E-state index >= 15 is 0 Å². The second-order valence-corrected chi connectivity index (χ2v) is 10.6. The molecule has 3 aliphatic rings. The van der Waals surface area contributed by atoms with E-state index in [-0.39, 0.29) is 23.9 Å². The topological polar surface area (TPSA) is 115 Å². The summed E-state index contributed by atoms with van der Waals surface area (Å²) < 4.78 is 13.1. The molecule has 1 N–H and O–H groups in total. The second-order valence-electron chi connectivity index (χ2n) is 10.6. The number of nitrogens with zero attached hydrogens (tertiary/aromatic N) is 5. The Balaban J connectivity index is 1.08. The standard InChI is InChI=1S/C28H28N6O4/c1-16-11-21-22(14-34(16)27(35)18-3-2-4-18)29-15-30-26(21)37-20-7-8-23-19(12-20)9-10-33(23)28(36)31-25-13-24(38-32-25)17-5-6-17/h7-10,12-13,15-18H,2-6,11,14H2,1H3,(H,31,32,36)/t16-/m0/s1. The first-order valence-corrected chi connectivity index (χ1v) is 13.2. The van der Waals surface area contributed by atoms with Gasteiger partial charge in [0.15, 0.2) is 5.82 Å². The molecule has 2 saturated carbocycles. The molecule has 10 heteroatoms. The summed E-state index contributed by atoms with van der Waals surface area (Å²) in [5.74, 6) is 3.17. The molecular formula is C28H28N6O4. The molecule has 0 bridgehead atoms. The highest BCUT2D eigenvalue weighted by Gasteiger charge is 2.36. The number of anilines is 1. The second kappa shape index (κ2) is 8.97. The monoisotopic (exact) mass is 512 g/mol. The van der Waals surface area contributed by atoms with Crippen LogP contribution in [0, 0.1) is 5.92 Å². The van der Waals surface area contributed by atoms with Crippen molar-refractivity contribution in [3.63, 3.8) is 0 Å². The number of aromatic nitrogens is 4. The number of rotatable bonds is 5. The lowest BCUT2D eigenvalue weighted by atomic mass is 9.83. The Morgan fingerprint density at radius 3 is 2.76 bits per heavy atom. The van der Waals surface area contributed by atoms with Crippen molar-refractivity contribution in [1.29, 1.82) is 0 Å². The van der Waals surface area contributed by atoms with Gasteiger partial charge in [-0.3, -0.25) is 14.7 Å². The van der Waals surface area contributed by atoms with E-state index in [0.717, 1.165) is 60.0 Å². The van der Waals surface area contributed by atoms with Crippen LogP contribution < -0.4 is 10.1 Å². The van der Waals surface area contributed by atoms with Crippen LogP contribution in [0.1, 0.15) is 62.0 Å². The third kappa shape index (κ3) is 4.09. The first-order chi connectivity index (χ1) is 18.5. The number of benzene rings is 1. The summed E-state index contributed by atoms with van der Waals surface area (Å²) in [4.78, 5) is 36.6. The van der Waals surface area contributed by atoms with Crippen molar-refractivity contribution in [3.8, 4) is 11.6 Å². The average molecular weight is 513 g/mol. The predicted molar refractivity (Wildman–Crippen MR) is 138 cm³/mol. The number of hydrogen-bond donors (Lipinski definition) is 1. The van der Waals surface area contributed by atoms with Gasteiger partial charge in [0.25, 0.3) is 0 Å². The zero-order chi connectivity index (χ0) is 25.8. The molecule has 0 radical (unpaired) electrons. The highest BCUT2D eigenvalue weighted by atomic mass is 16.5. The van der Waals surface area contributed by atoms with Gasteiger partial charge in [0, 0.05) is 41.1 Å². The lowest BCUT2D eigenvalue weighted by Gasteiger charge is -2.38. The number of nitrogens with one attached hydrogen (secondary N) is 1. The Morgan fingerprint density at radius 1 is 1.11 bits per heavy atom. The molecule has 10 nitrogen and oxygen atoms in total. The molecule has 1 aromatic carbocycles. The minimum Gasteiger partial charge on any atom is -0.439 e. The summed E-state index contributed by atoms with van der Waals surface area (Å²) in [6, 6.07) is 8.94. The van der Waals surface area contributed by atoms with Crippen LogP contribution in [-0.2, 0) is 17.8 Å². The van der Waals surface area contributed by atoms with Crippen molar-refractivity contribution < 1.29 is 18.8 Å². The Morgan fingerprint density at radius 2 is 1.97 bits per heavy atom. The van der Waals surface area contributed by atoms with Crippen molar-refractivity contribution >= 4 is 28.7 Å². The van der Waals surface area contributed by atoms with E-state index in [2.05, 4.69) is 27.4 Å². The molecule has 0 unspecified atom stereocenters. The largest absolute Gasteiger partial charge is 0.439 e.